The van der Waals surface area contributed by atoms with Gasteiger partial charge >= 0.3 is 6.09 Å². The van der Waals surface area contributed by atoms with E-state index in [9.17, 15) is 14.4 Å². The second-order valence-corrected chi connectivity index (χ2v) is 10.7. The largest absolute Gasteiger partial charge is 0.497 e. The second-order valence-electron chi connectivity index (χ2n) is 10.7. The van der Waals surface area contributed by atoms with Crippen LogP contribution in [0.4, 0.5) is 10.5 Å². The van der Waals surface area contributed by atoms with E-state index < -0.39 is 35.6 Å². The van der Waals surface area contributed by atoms with Gasteiger partial charge in [-0.15, -0.1) is 6.42 Å². The first-order chi connectivity index (χ1) is 19.0. The maximum absolute atomic E-state index is 13.9. The van der Waals surface area contributed by atoms with Crippen molar-refractivity contribution >= 4 is 23.6 Å². The van der Waals surface area contributed by atoms with Crippen molar-refractivity contribution in [2.75, 3.05) is 19.0 Å². The fourth-order valence-corrected chi connectivity index (χ4v) is 4.25. The lowest BCUT2D eigenvalue weighted by Gasteiger charge is -2.34. The number of unbranched alkanes of at least 4 members (excludes halogenated alkanes) is 4. The van der Waals surface area contributed by atoms with Crippen molar-refractivity contribution < 1.29 is 23.9 Å². The average molecular weight is 550 g/mol. The number of anilines is 1. The normalized spacial score (nSPS) is 12.4. The number of nitrogens with zero attached hydrogens (tertiary/aromatic N) is 1. The van der Waals surface area contributed by atoms with Gasteiger partial charge < -0.3 is 25.0 Å². The average Bonchev–Trinajstić information content (AvgIpc) is 2.91. The lowest BCUT2D eigenvalue weighted by Crippen LogP contribution is -2.51. The summed E-state index contributed by atoms with van der Waals surface area (Å²) in [6.07, 6.45) is 9.89. The maximum atomic E-state index is 13.9. The molecule has 0 spiro atoms. The molecule has 0 aliphatic rings. The summed E-state index contributed by atoms with van der Waals surface area (Å²) in [4.78, 5) is 41.9. The van der Waals surface area contributed by atoms with Gasteiger partial charge in [-0.2, -0.15) is 0 Å². The van der Waals surface area contributed by atoms with Gasteiger partial charge in [-0.3, -0.25) is 9.59 Å². The third-order valence-electron chi connectivity index (χ3n) is 6.22. The molecule has 2 rings (SSSR count). The number of amides is 3. The Morgan fingerprint density at radius 1 is 1.00 bits per heavy atom. The molecule has 0 radical (unpaired) electrons. The Balaban J connectivity index is 2.47. The highest BCUT2D eigenvalue weighted by molar-refractivity contribution is 5.99. The molecular formula is C32H43N3O5. The highest BCUT2D eigenvalue weighted by atomic mass is 16.6. The van der Waals surface area contributed by atoms with Crippen molar-refractivity contribution in [3.63, 3.8) is 0 Å². The van der Waals surface area contributed by atoms with E-state index in [0.717, 1.165) is 25.7 Å². The van der Waals surface area contributed by atoms with Gasteiger partial charge in [0.2, 0.25) is 5.91 Å². The Bertz CT molecular complexity index is 1160. The minimum Gasteiger partial charge on any atom is -0.497 e. The zero-order valence-electron chi connectivity index (χ0n) is 24.6. The molecular weight excluding hydrogens is 506 g/mol. The third kappa shape index (κ3) is 9.96. The van der Waals surface area contributed by atoms with Crippen LogP contribution in [-0.4, -0.2) is 48.1 Å². The molecule has 2 aromatic carbocycles. The number of carbonyl (C=O) groups is 3. The van der Waals surface area contributed by atoms with Crippen LogP contribution in [0.15, 0.2) is 48.5 Å². The van der Waals surface area contributed by atoms with Crippen molar-refractivity contribution in [2.24, 2.45) is 0 Å². The Morgan fingerprint density at radius 3 is 2.25 bits per heavy atom. The summed E-state index contributed by atoms with van der Waals surface area (Å²) in [7, 11) is 1.57. The Morgan fingerprint density at radius 2 is 1.65 bits per heavy atom. The quantitative estimate of drug-likeness (QED) is 0.234. The number of terminal acetylenes is 1. The minimum absolute atomic E-state index is 0.308. The van der Waals surface area contributed by atoms with E-state index in [1.54, 1.807) is 83.3 Å². The van der Waals surface area contributed by atoms with Crippen LogP contribution in [0.2, 0.25) is 0 Å². The summed E-state index contributed by atoms with van der Waals surface area (Å²) in [5, 5.41) is 5.56. The number of alkyl carbamates (subject to hydrolysis) is 1. The third-order valence-corrected chi connectivity index (χ3v) is 6.22. The lowest BCUT2D eigenvalue weighted by atomic mass is 9.97. The first-order valence-electron chi connectivity index (χ1n) is 13.8. The van der Waals surface area contributed by atoms with Gasteiger partial charge in [0, 0.05) is 17.8 Å². The molecule has 0 aliphatic carbocycles. The number of ether oxygens (including phenoxy) is 2. The molecule has 2 unspecified atom stereocenters. The van der Waals surface area contributed by atoms with Crippen LogP contribution >= 0.6 is 0 Å². The Labute approximate surface area is 238 Å². The molecule has 8 heteroatoms. The monoisotopic (exact) mass is 549 g/mol. The lowest BCUT2D eigenvalue weighted by molar-refractivity contribution is -0.140. The number of carbonyl (C=O) groups excluding carboxylic acids is 3. The van der Waals surface area contributed by atoms with Crippen LogP contribution in [0, 0.1) is 12.3 Å². The van der Waals surface area contributed by atoms with Crippen molar-refractivity contribution in [1.82, 2.24) is 10.2 Å². The predicted molar refractivity (Wildman–Crippen MR) is 158 cm³/mol. The standard InChI is InChI=1S/C32H43N3O5/c1-8-10-11-12-15-22-35(30(37)23(3)33-31(38)40-32(4,5)6)28(27-17-14-13-16-24(27)9-2)29(36)34-25-18-20-26(39-7)21-19-25/h2,13-14,16-21,23,28H,8,10-12,15,22H2,1,3-7H3,(H,33,38)(H,34,36). The van der Waals surface area contributed by atoms with Crippen LogP contribution in [-0.2, 0) is 14.3 Å². The van der Waals surface area contributed by atoms with Gasteiger partial charge in [-0.1, -0.05) is 56.7 Å². The van der Waals surface area contributed by atoms with Crippen LogP contribution in [0.3, 0.4) is 0 Å². The zero-order valence-corrected chi connectivity index (χ0v) is 24.6. The maximum Gasteiger partial charge on any atom is 0.408 e. The summed E-state index contributed by atoms with van der Waals surface area (Å²) >= 11 is 0. The molecule has 2 aromatic rings. The number of methoxy groups -OCH3 is 1. The summed E-state index contributed by atoms with van der Waals surface area (Å²) < 4.78 is 10.6. The summed E-state index contributed by atoms with van der Waals surface area (Å²) in [5.74, 6) is 2.47. The van der Waals surface area contributed by atoms with Gasteiger partial charge in [0.05, 0.1) is 7.11 Å². The van der Waals surface area contributed by atoms with Gasteiger partial charge in [-0.05, 0) is 70.0 Å². The smallest absolute Gasteiger partial charge is 0.408 e. The molecule has 0 aliphatic heterocycles. The minimum atomic E-state index is -1.03. The highest BCUT2D eigenvalue weighted by Crippen LogP contribution is 2.28. The fourth-order valence-electron chi connectivity index (χ4n) is 4.25. The molecule has 0 saturated heterocycles. The summed E-state index contributed by atoms with van der Waals surface area (Å²) in [5.41, 5.74) is 0.860. The van der Waals surface area contributed by atoms with E-state index in [1.807, 2.05) is 0 Å². The van der Waals surface area contributed by atoms with E-state index >= 15 is 0 Å². The van der Waals surface area contributed by atoms with Crippen LogP contribution in [0.5, 0.6) is 5.75 Å². The number of benzene rings is 2. The molecule has 40 heavy (non-hydrogen) atoms. The van der Waals surface area contributed by atoms with E-state index in [-0.39, 0.29) is 0 Å². The van der Waals surface area contributed by atoms with Gasteiger partial charge in [0.1, 0.15) is 23.4 Å². The van der Waals surface area contributed by atoms with Crippen molar-refractivity contribution in [2.45, 2.75) is 84.4 Å². The van der Waals surface area contributed by atoms with Crippen molar-refractivity contribution in [1.29, 1.82) is 0 Å². The zero-order chi connectivity index (χ0) is 29.7. The highest BCUT2D eigenvalue weighted by Gasteiger charge is 2.35. The van der Waals surface area contributed by atoms with E-state index in [0.29, 0.717) is 35.5 Å². The predicted octanol–water partition coefficient (Wildman–Crippen LogP) is 6.07. The van der Waals surface area contributed by atoms with Crippen LogP contribution in [0.1, 0.15) is 83.9 Å². The van der Waals surface area contributed by atoms with Crippen LogP contribution < -0.4 is 15.4 Å². The molecule has 0 fully saturated rings. The van der Waals surface area contributed by atoms with Crippen LogP contribution in [0.25, 0.3) is 0 Å². The second kappa shape index (κ2) is 15.6. The first kappa shape index (κ1) is 32.2. The number of hydrogen-bond donors (Lipinski definition) is 2. The number of nitrogens with one attached hydrogen (secondary N) is 2. The molecule has 8 nitrogen and oxygen atoms in total. The first-order valence-corrected chi connectivity index (χ1v) is 13.8. The number of hydrogen-bond acceptors (Lipinski definition) is 5. The van der Waals surface area contributed by atoms with Crippen molar-refractivity contribution in [3.8, 4) is 18.1 Å². The molecule has 0 heterocycles. The SMILES string of the molecule is C#Cc1ccccc1C(C(=O)Nc1ccc(OC)cc1)N(CCCCCCC)C(=O)C(C)NC(=O)OC(C)(C)C. The summed E-state index contributed by atoms with van der Waals surface area (Å²) in [6.45, 7) is 9.27. The molecule has 0 saturated carbocycles. The van der Waals surface area contributed by atoms with E-state index in [4.69, 9.17) is 15.9 Å². The summed E-state index contributed by atoms with van der Waals surface area (Å²) in [6, 6.07) is 12.0. The van der Waals surface area contributed by atoms with E-state index in [1.165, 1.54) is 4.90 Å². The number of rotatable bonds is 13. The molecule has 3 amide bonds. The topological polar surface area (TPSA) is 97.0 Å². The fraction of sp³-hybridized carbons (Fsp3) is 0.469. The molecule has 0 aromatic heterocycles. The Kier molecular flexibility index (Phi) is 12.5. The van der Waals surface area contributed by atoms with Gasteiger partial charge in [0.15, 0.2) is 0 Å². The Hall–Kier alpha value is -3.99. The van der Waals surface area contributed by atoms with Gasteiger partial charge in [-0.25, -0.2) is 4.79 Å². The van der Waals surface area contributed by atoms with Crippen molar-refractivity contribution in [3.05, 3.63) is 59.7 Å². The molecule has 2 atom stereocenters. The van der Waals surface area contributed by atoms with Gasteiger partial charge in [0.25, 0.3) is 5.91 Å². The van der Waals surface area contributed by atoms with E-state index in [2.05, 4.69) is 23.5 Å². The molecule has 2 N–H and O–H groups in total. The molecule has 0 bridgehead atoms. The molecule has 216 valence electrons.